The third kappa shape index (κ3) is 64.8. The first-order valence-corrected chi connectivity index (χ1v) is 27.9. The number of nitrogens with one attached hydrogen (secondary N) is 1. The number of benzene rings is 6. The van der Waals surface area contributed by atoms with Crippen LogP contribution >= 0.6 is 0 Å². The van der Waals surface area contributed by atoms with Gasteiger partial charge in [0.05, 0.1) is 23.4 Å². The molecule has 14 aromatic rings. The molecule has 0 saturated heterocycles. The van der Waals surface area contributed by atoms with Crippen LogP contribution in [0.25, 0.3) is 55.0 Å². The summed E-state index contributed by atoms with van der Waals surface area (Å²) in [4.78, 5) is 33.8. The zero-order valence-corrected chi connectivity index (χ0v) is 72.1. The molecule has 0 aliphatic carbocycles. The second kappa shape index (κ2) is 83.7. The van der Waals surface area contributed by atoms with E-state index >= 15 is 0 Å². The molecule has 0 saturated carbocycles. The van der Waals surface area contributed by atoms with E-state index in [1.165, 1.54) is 46.1 Å². The number of allylic oxidation sites excluding steroid dienone is 3. The minimum absolute atomic E-state index is 0. The molecule has 8 aromatic heterocycles. The Morgan fingerprint density at radius 1 is 0.366 bits per heavy atom. The van der Waals surface area contributed by atoms with Gasteiger partial charge in [0.2, 0.25) is 0 Å². The van der Waals surface area contributed by atoms with E-state index in [9.17, 15) is 0 Å². The van der Waals surface area contributed by atoms with Crippen LogP contribution in [0.4, 0.5) is 5.69 Å². The predicted molar refractivity (Wildman–Crippen MR) is 384 cm³/mol. The van der Waals surface area contributed by atoms with Crippen molar-refractivity contribution in [3.05, 3.63) is 421 Å². The fourth-order valence-corrected chi connectivity index (χ4v) is 5.74. The molecule has 0 aliphatic rings. The molecule has 494 valence electrons. The summed E-state index contributed by atoms with van der Waals surface area (Å²) in [5, 5.41) is 40.1. The van der Waals surface area contributed by atoms with E-state index in [1.807, 2.05) is 164 Å². The molecule has 0 spiro atoms. The number of aliphatic imine (C=N–C) groups is 1. The summed E-state index contributed by atoms with van der Waals surface area (Å²) >= 11 is 0. The molecule has 6 radical (unpaired) electrons. The second-order valence-electron chi connectivity index (χ2n) is 16.3. The van der Waals surface area contributed by atoms with Gasteiger partial charge in [-0.1, -0.05) is 84.6 Å². The van der Waals surface area contributed by atoms with Crippen LogP contribution in [0.1, 0.15) is 11.1 Å². The molecule has 8 heterocycles. The van der Waals surface area contributed by atoms with Crippen LogP contribution in [-0.2, 0) is 196 Å². The number of nitrogens with zero attached hydrogens (tertiary/aromatic N) is 17. The molecule has 1 N–H and O–H groups in total. The van der Waals surface area contributed by atoms with Gasteiger partial charge in [-0.05, 0) is 71.4 Å². The largest absolute Gasteiger partial charge is 0.911 e. The van der Waals surface area contributed by atoms with Gasteiger partial charge in [-0.3, -0.25) is 48.8 Å². The number of rotatable bonds is 6. The van der Waals surface area contributed by atoms with Crippen molar-refractivity contribution in [1.29, 1.82) is 0 Å². The third-order valence-corrected chi connectivity index (χ3v) is 9.78. The fraction of sp³-hybridized carbons (Fsp3) is 0. The molecular weight excluding hydrogens is 1710 g/mol. The van der Waals surface area contributed by atoms with Gasteiger partial charge in [-0.25, -0.2) is 22.1 Å². The van der Waals surface area contributed by atoms with E-state index in [1.54, 1.807) is 111 Å². The Kier molecular flexibility index (Phi) is 87.0. The molecule has 24 heteroatoms. The van der Waals surface area contributed by atoms with Gasteiger partial charge in [-0.15, -0.1) is 42.5 Å². The molecule has 101 heavy (non-hydrogen) atoms. The van der Waals surface area contributed by atoms with Crippen molar-refractivity contribution >= 4 is 63.5 Å². The van der Waals surface area contributed by atoms with Crippen molar-refractivity contribution in [2.24, 2.45) is 10.1 Å². The zero-order chi connectivity index (χ0) is 68.6. The molecule has 0 atom stereocenters. The Bertz CT molecular complexity index is 3300. The fourth-order valence-electron chi connectivity index (χ4n) is 5.74. The summed E-state index contributed by atoms with van der Waals surface area (Å²) in [6, 6.07) is 75.7. The Morgan fingerprint density at radius 3 is 1.05 bits per heavy atom. The van der Waals surface area contributed by atoms with Gasteiger partial charge >= 0.3 is 0 Å². The van der Waals surface area contributed by atoms with Gasteiger partial charge in [0.1, 0.15) is 6.33 Å². The van der Waals surface area contributed by atoms with E-state index in [0.29, 0.717) is 11.3 Å². The molecule has 18 nitrogen and oxygen atoms in total. The Morgan fingerprint density at radius 2 is 0.782 bits per heavy atom. The van der Waals surface area contributed by atoms with E-state index < -0.39 is 0 Å². The van der Waals surface area contributed by atoms with E-state index in [0.717, 1.165) is 41.3 Å². The molecular formula is C77H66N18Y6-12. The van der Waals surface area contributed by atoms with Crippen LogP contribution in [0, 0.1) is 51.1 Å². The topological polar surface area (TPSA) is 262 Å². The molecule has 6 aromatic carbocycles. The second-order valence-corrected chi connectivity index (χ2v) is 16.3. The van der Waals surface area contributed by atoms with E-state index in [2.05, 4.69) is 150 Å². The zero-order valence-electron chi connectivity index (χ0n) is 55.1. The average molecular weight is 1780 g/mol. The van der Waals surface area contributed by atoms with Crippen molar-refractivity contribution < 1.29 is 196 Å². The maximum absolute atomic E-state index is 8.38. The molecule has 0 unspecified atom stereocenters. The molecule has 0 bridgehead atoms. The summed E-state index contributed by atoms with van der Waals surface area (Å²) in [6.07, 6.45) is 36.6. The van der Waals surface area contributed by atoms with Crippen molar-refractivity contribution in [3.63, 3.8) is 0 Å². The molecule has 0 amide bonds. The normalized spacial score (nSPS) is 7.88. The Balaban J connectivity index is -0.000000242. The van der Waals surface area contributed by atoms with Crippen molar-refractivity contribution in [1.82, 2.24) is 65.5 Å². The van der Waals surface area contributed by atoms with Crippen LogP contribution in [0.15, 0.2) is 352 Å². The quantitative estimate of drug-likeness (QED) is 0.0705. The monoisotopic (exact) mass is 1780 g/mol. The van der Waals surface area contributed by atoms with Crippen LogP contribution in [-0.4, -0.2) is 84.6 Å². The summed E-state index contributed by atoms with van der Waals surface area (Å²) < 4.78 is 0. The SMILES string of the molecule is [CH-]=CC=[CH-].[CH-]=CC=[N-].[CH-]=CN=[CH-].[CH-]=Cc1[c-]cccc1.[N-]=Cc1[c-]cccc1.[N-]=Nc1[c-]cccc1.[Y].[Y].[Y].[Y].[Y].[Y].c1ccc2cnccc2c1.c1ccc2ncccc2c1.c1ccc2ncccc2c1.c1ccncc1.c1ccnnc1.c1cn[nH]n1.c1cnccn1.c1cncnc1. The first kappa shape index (κ1) is 105. The number of H-pyrrole nitrogens is 1. The molecule has 0 aliphatic heterocycles. The molecule has 14 rings (SSSR count). The number of hydrogen-bond donors (Lipinski definition) is 1. The number of aromatic amines is 1. The summed E-state index contributed by atoms with van der Waals surface area (Å²) in [5.41, 5.74) is 12.4. The summed E-state index contributed by atoms with van der Waals surface area (Å²) in [5.74, 6) is 0. The summed E-state index contributed by atoms with van der Waals surface area (Å²) in [6.45, 7) is 28.3. The standard InChI is InChI=1S/3C9H7N.C8H6.C7H5N.C6H4N2.C5H5N.3C4H4N2.C4H4.2C3H3N.C2H3N3.6Y/c2*1-2-6-9-8(4-1)5-3-7-10-9;1-2-4-9-7-10-6-5-8(9)3-1;1-2-8-6-4-3-5-7-8;8-6-7-4-2-1-3-5-7;7-8-6-4-2-1-3-5-6;1-2-4-6-5-3-1;1-2-6-4-3-5-1;1-2-5-4-6-3-1;1-2-4-6-5-3-1;2*1-3-4-2;1-2-3-4;1-2-4-5-3-1;;;;;;/h3*1-7H;1-6H;1-4,6H;1-4H;1-5H;3*1-4H;1-4H;2*1-3H;1-2H,(H,3,4,5);;;;;;/q;;;3*-2;;;;;3*-2;;;;;;;. The van der Waals surface area contributed by atoms with Crippen LogP contribution in [0.2, 0.25) is 0 Å². The van der Waals surface area contributed by atoms with Crippen LogP contribution < -0.4 is 0 Å². The minimum atomic E-state index is 0. The Hall–Kier alpha value is -6.99. The van der Waals surface area contributed by atoms with Gasteiger partial charge in [0.25, 0.3) is 0 Å². The van der Waals surface area contributed by atoms with Gasteiger partial charge < -0.3 is 89.0 Å². The van der Waals surface area contributed by atoms with E-state index in [4.69, 9.17) is 36.1 Å². The van der Waals surface area contributed by atoms with Crippen molar-refractivity contribution in [3.8, 4) is 0 Å². The number of hydrogen-bond acceptors (Lipinski definition) is 14. The Labute approximate surface area is 745 Å². The first-order chi connectivity index (χ1) is 46.9. The number of fused-ring (bicyclic) bond motifs is 3. The maximum atomic E-state index is 8.38. The van der Waals surface area contributed by atoms with Gasteiger partial charge in [-0.2, -0.15) is 74.3 Å². The van der Waals surface area contributed by atoms with Gasteiger partial charge in [0.15, 0.2) is 0 Å². The van der Waals surface area contributed by atoms with Crippen molar-refractivity contribution in [2.45, 2.75) is 0 Å². The van der Waals surface area contributed by atoms with Crippen LogP contribution in [0.3, 0.4) is 0 Å². The predicted octanol–water partition coefficient (Wildman–Crippen LogP) is 16.6. The van der Waals surface area contributed by atoms with Crippen molar-refractivity contribution in [2.75, 3.05) is 0 Å². The minimum Gasteiger partial charge on any atom is -0.911 e. The number of para-hydroxylation sites is 2. The maximum Gasteiger partial charge on any atom is 0.115 e. The van der Waals surface area contributed by atoms with E-state index in [-0.39, 0.29) is 196 Å². The number of pyridine rings is 4. The third-order valence-electron chi connectivity index (χ3n) is 9.78. The molecule has 0 fully saturated rings. The summed E-state index contributed by atoms with van der Waals surface area (Å²) in [7, 11) is 0. The van der Waals surface area contributed by atoms with Gasteiger partial charge in [0, 0.05) is 294 Å². The van der Waals surface area contributed by atoms with Crippen LogP contribution in [0.5, 0.6) is 0 Å². The number of aromatic nitrogens is 13. The average Bonchev–Trinajstić information content (AvgIpc) is 1.05. The smallest absolute Gasteiger partial charge is 0.115 e. The first-order valence-electron chi connectivity index (χ1n) is 27.9.